The highest BCUT2D eigenvalue weighted by molar-refractivity contribution is 5.78. The van der Waals surface area contributed by atoms with E-state index in [1.165, 1.54) is 12.8 Å². The lowest BCUT2D eigenvalue weighted by Gasteiger charge is -2.25. The van der Waals surface area contributed by atoms with Gasteiger partial charge in [-0.25, -0.2) is 0 Å². The minimum absolute atomic E-state index is 0.0569. The number of hydrogen-bond donors (Lipinski definition) is 2. The molecule has 0 bridgehead atoms. The van der Waals surface area contributed by atoms with Gasteiger partial charge in [-0.1, -0.05) is 6.92 Å². The van der Waals surface area contributed by atoms with Crippen molar-refractivity contribution in [3.63, 3.8) is 0 Å². The van der Waals surface area contributed by atoms with E-state index in [0.29, 0.717) is 6.54 Å². The second-order valence-corrected chi connectivity index (χ2v) is 4.68. The summed E-state index contributed by atoms with van der Waals surface area (Å²) in [7, 11) is 0. The lowest BCUT2D eigenvalue weighted by molar-refractivity contribution is -0.126. The first-order valence-corrected chi connectivity index (χ1v) is 5.63. The van der Waals surface area contributed by atoms with Gasteiger partial charge in [0.15, 0.2) is 0 Å². The predicted molar refractivity (Wildman–Crippen MR) is 57.8 cm³/mol. The SMILES string of the molecule is CC(N)CNC(=O)C1CCC(C)CC1. The monoisotopic (exact) mass is 198 g/mol. The van der Waals surface area contributed by atoms with Gasteiger partial charge in [0, 0.05) is 18.5 Å². The van der Waals surface area contributed by atoms with Crippen molar-refractivity contribution in [2.45, 2.75) is 45.6 Å². The fraction of sp³-hybridized carbons (Fsp3) is 0.909. The molecule has 3 N–H and O–H groups in total. The largest absolute Gasteiger partial charge is 0.354 e. The zero-order valence-corrected chi connectivity index (χ0v) is 9.25. The Balaban J connectivity index is 2.24. The highest BCUT2D eigenvalue weighted by Crippen LogP contribution is 2.28. The lowest BCUT2D eigenvalue weighted by Crippen LogP contribution is -2.39. The molecule has 3 heteroatoms. The number of rotatable bonds is 3. The standard InChI is InChI=1S/C11H22N2O/c1-8-3-5-10(6-4-8)11(14)13-7-9(2)12/h8-10H,3-7,12H2,1-2H3,(H,13,14). The molecule has 14 heavy (non-hydrogen) atoms. The minimum atomic E-state index is 0.0569. The molecule has 0 saturated heterocycles. The molecular weight excluding hydrogens is 176 g/mol. The van der Waals surface area contributed by atoms with Crippen LogP contribution < -0.4 is 11.1 Å². The van der Waals surface area contributed by atoms with Crippen LogP contribution in [0.3, 0.4) is 0 Å². The van der Waals surface area contributed by atoms with E-state index in [4.69, 9.17) is 5.73 Å². The van der Waals surface area contributed by atoms with Crippen LogP contribution in [0.5, 0.6) is 0 Å². The number of nitrogens with one attached hydrogen (secondary N) is 1. The van der Waals surface area contributed by atoms with Crippen LogP contribution >= 0.6 is 0 Å². The molecule has 0 heterocycles. The van der Waals surface area contributed by atoms with Crippen LogP contribution in [0.15, 0.2) is 0 Å². The van der Waals surface area contributed by atoms with Gasteiger partial charge in [0.25, 0.3) is 0 Å². The summed E-state index contributed by atoms with van der Waals surface area (Å²) in [6, 6.07) is 0.0569. The van der Waals surface area contributed by atoms with Crippen molar-refractivity contribution >= 4 is 5.91 Å². The number of hydrogen-bond acceptors (Lipinski definition) is 2. The lowest BCUT2D eigenvalue weighted by atomic mass is 9.82. The Morgan fingerprint density at radius 3 is 2.50 bits per heavy atom. The number of amides is 1. The summed E-state index contributed by atoms with van der Waals surface area (Å²) in [5.41, 5.74) is 5.58. The van der Waals surface area contributed by atoms with E-state index >= 15 is 0 Å². The maximum Gasteiger partial charge on any atom is 0.223 e. The molecule has 1 atom stereocenters. The number of nitrogens with two attached hydrogens (primary N) is 1. The van der Waals surface area contributed by atoms with Crippen molar-refractivity contribution in [2.75, 3.05) is 6.54 Å². The molecule has 82 valence electrons. The van der Waals surface area contributed by atoms with Gasteiger partial charge in [0.1, 0.15) is 0 Å². The molecule has 1 aliphatic carbocycles. The van der Waals surface area contributed by atoms with E-state index < -0.39 is 0 Å². The van der Waals surface area contributed by atoms with Crippen LogP contribution in [0, 0.1) is 11.8 Å². The maximum absolute atomic E-state index is 11.6. The summed E-state index contributed by atoms with van der Waals surface area (Å²) in [6.07, 6.45) is 4.48. The summed E-state index contributed by atoms with van der Waals surface area (Å²) >= 11 is 0. The van der Waals surface area contributed by atoms with Gasteiger partial charge in [-0.05, 0) is 38.5 Å². The fourth-order valence-electron chi connectivity index (χ4n) is 1.93. The molecular formula is C11H22N2O. The van der Waals surface area contributed by atoms with E-state index in [1.807, 2.05) is 6.92 Å². The van der Waals surface area contributed by atoms with Gasteiger partial charge >= 0.3 is 0 Å². The second kappa shape index (κ2) is 5.35. The van der Waals surface area contributed by atoms with Gasteiger partial charge in [-0.2, -0.15) is 0 Å². The molecule has 0 radical (unpaired) electrons. The number of carbonyl (C=O) groups is 1. The number of carbonyl (C=O) groups excluding carboxylic acids is 1. The van der Waals surface area contributed by atoms with E-state index in [2.05, 4.69) is 12.2 Å². The van der Waals surface area contributed by atoms with Crippen LogP contribution in [-0.4, -0.2) is 18.5 Å². The molecule has 1 amide bonds. The zero-order valence-electron chi connectivity index (χ0n) is 9.25. The molecule has 3 nitrogen and oxygen atoms in total. The zero-order chi connectivity index (χ0) is 10.6. The van der Waals surface area contributed by atoms with Crippen LogP contribution in [0.2, 0.25) is 0 Å². The highest BCUT2D eigenvalue weighted by atomic mass is 16.1. The van der Waals surface area contributed by atoms with Gasteiger partial charge in [-0.3, -0.25) is 4.79 Å². The smallest absolute Gasteiger partial charge is 0.223 e. The van der Waals surface area contributed by atoms with Crippen molar-refractivity contribution in [3.8, 4) is 0 Å². The molecule has 1 unspecified atom stereocenters. The topological polar surface area (TPSA) is 55.1 Å². The molecule has 0 aromatic rings. The Morgan fingerprint density at radius 1 is 1.43 bits per heavy atom. The Hall–Kier alpha value is -0.570. The van der Waals surface area contributed by atoms with Crippen molar-refractivity contribution in [1.29, 1.82) is 0 Å². The van der Waals surface area contributed by atoms with E-state index in [-0.39, 0.29) is 17.9 Å². The highest BCUT2D eigenvalue weighted by Gasteiger charge is 2.23. The summed E-state index contributed by atoms with van der Waals surface area (Å²) in [4.78, 5) is 11.6. The molecule has 0 aromatic carbocycles. The summed E-state index contributed by atoms with van der Waals surface area (Å²) in [5.74, 6) is 1.24. The molecule has 1 aliphatic rings. The van der Waals surface area contributed by atoms with Gasteiger partial charge in [-0.15, -0.1) is 0 Å². The third kappa shape index (κ3) is 3.66. The molecule has 0 aromatic heterocycles. The third-order valence-corrected chi connectivity index (χ3v) is 2.98. The van der Waals surface area contributed by atoms with E-state index in [9.17, 15) is 4.79 Å². The molecule has 1 fully saturated rings. The molecule has 0 aliphatic heterocycles. The molecule has 1 rings (SSSR count). The van der Waals surface area contributed by atoms with Crippen molar-refractivity contribution in [2.24, 2.45) is 17.6 Å². The molecule has 1 saturated carbocycles. The van der Waals surface area contributed by atoms with Crippen LogP contribution in [0.1, 0.15) is 39.5 Å². The summed E-state index contributed by atoms with van der Waals surface area (Å²) < 4.78 is 0. The first-order chi connectivity index (χ1) is 6.59. The van der Waals surface area contributed by atoms with Crippen LogP contribution in [0.4, 0.5) is 0 Å². The molecule has 0 spiro atoms. The van der Waals surface area contributed by atoms with E-state index in [0.717, 1.165) is 18.8 Å². The van der Waals surface area contributed by atoms with Gasteiger partial charge < -0.3 is 11.1 Å². The van der Waals surface area contributed by atoms with Gasteiger partial charge in [0.05, 0.1) is 0 Å². The summed E-state index contributed by atoms with van der Waals surface area (Å²) in [5, 5.41) is 2.90. The average molecular weight is 198 g/mol. The van der Waals surface area contributed by atoms with Crippen LogP contribution in [-0.2, 0) is 4.79 Å². The minimum Gasteiger partial charge on any atom is -0.354 e. The van der Waals surface area contributed by atoms with Gasteiger partial charge in [0.2, 0.25) is 5.91 Å². The Labute approximate surface area is 86.4 Å². The predicted octanol–water partition coefficient (Wildman–Crippen LogP) is 1.28. The Kier molecular flexibility index (Phi) is 4.39. The normalized spacial score (nSPS) is 29.6. The first kappa shape index (κ1) is 11.5. The Bertz CT molecular complexity index is 184. The average Bonchev–Trinajstić information content (AvgIpc) is 2.15. The quantitative estimate of drug-likeness (QED) is 0.717. The third-order valence-electron chi connectivity index (χ3n) is 2.98. The van der Waals surface area contributed by atoms with E-state index in [1.54, 1.807) is 0 Å². The second-order valence-electron chi connectivity index (χ2n) is 4.68. The van der Waals surface area contributed by atoms with Crippen molar-refractivity contribution < 1.29 is 4.79 Å². The maximum atomic E-state index is 11.6. The Morgan fingerprint density at radius 2 is 2.00 bits per heavy atom. The fourth-order valence-corrected chi connectivity index (χ4v) is 1.93. The van der Waals surface area contributed by atoms with Crippen LogP contribution in [0.25, 0.3) is 0 Å². The first-order valence-electron chi connectivity index (χ1n) is 5.63. The van der Waals surface area contributed by atoms with Crippen molar-refractivity contribution in [3.05, 3.63) is 0 Å². The van der Waals surface area contributed by atoms with Crippen molar-refractivity contribution in [1.82, 2.24) is 5.32 Å². The summed E-state index contributed by atoms with van der Waals surface area (Å²) in [6.45, 7) is 4.77.